The predicted molar refractivity (Wildman–Crippen MR) is 202 cm³/mol. The molecule has 5 fully saturated rings. The first kappa shape index (κ1) is 37.9. The number of aromatic nitrogens is 4. The molecule has 5 aliphatic rings. The summed E-state index contributed by atoms with van der Waals surface area (Å²) in [5.74, 6) is 1.23. The van der Waals surface area contributed by atoms with E-state index in [1.807, 2.05) is 22.5 Å². The Morgan fingerprint density at radius 2 is 1.79 bits per heavy atom. The first-order valence-corrected chi connectivity index (χ1v) is 20.0. The highest BCUT2D eigenvalue weighted by molar-refractivity contribution is 5.86. The number of ether oxygens (including phenoxy) is 1. The summed E-state index contributed by atoms with van der Waals surface area (Å²) in [6.07, 6.45) is 9.87. The molecular weight excluding hydrogens is 672 g/mol. The Kier molecular flexibility index (Phi) is 10.5. The van der Waals surface area contributed by atoms with Crippen LogP contribution in [-0.2, 0) is 25.7 Å². The minimum atomic E-state index is -0.694. The number of nitrogens with zero attached hydrogens (tertiary/aromatic N) is 7. The van der Waals surface area contributed by atoms with E-state index in [1.165, 1.54) is 0 Å². The molecule has 53 heavy (non-hydrogen) atoms. The minimum Gasteiger partial charge on any atom is -0.461 e. The molecule has 8 atom stereocenters. The zero-order valence-electron chi connectivity index (χ0n) is 32.2. The first-order chi connectivity index (χ1) is 25.3. The summed E-state index contributed by atoms with van der Waals surface area (Å²) < 4.78 is 8.40. The second-order valence-corrected chi connectivity index (χ2v) is 17.4. The molecule has 3 N–H and O–H groups in total. The van der Waals surface area contributed by atoms with Gasteiger partial charge in [0, 0.05) is 75.4 Å². The number of carbonyl (C=O) groups is 3. The van der Waals surface area contributed by atoms with Gasteiger partial charge in [-0.2, -0.15) is 0 Å². The number of hydrogen-bond acceptors (Lipinski definition) is 11. The quantitative estimate of drug-likeness (QED) is 0.287. The van der Waals surface area contributed by atoms with Gasteiger partial charge in [-0.25, -0.2) is 15.0 Å². The van der Waals surface area contributed by atoms with E-state index in [4.69, 9.17) is 10.5 Å². The van der Waals surface area contributed by atoms with Gasteiger partial charge in [0.1, 0.15) is 18.2 Å². The average Bonchev–Trinajstić information content (AvgIpc) is 3.75. The molecule has 0 radical (unpaired) electrons. The van der Waals surface area contributed by atoms with E-state index in [2.05, 4.69) is 52.1 Å². The molecule has 7 rings (SSSR count). The van der Waals surface area contributed by atoms with E-state index in [9.17, 15) is 19.5 Å². The fraction of sp³-hybridized carbons (Fsp3) is 0.750. The number of imidazole rings is 1. The smallest absolute Gasteiger partial charge is 0.320 e. The summed E-state index contributed by atoms with van der Waals surface area (Å²) in [7, 11) is 0. The summed E-state index contributed by atoms with van der Waals surface area (Å²) in [6, 6.07) is 0. The van der Waals surface area contributed by atoms with E-state index < -0.39 is 23.0 Å². The lowest BCUT2D eigenvalue weighted by molar-refractivity contribution is -0.207. The van der Waals surface area contributed by atoms with Crippen molar-refractivity contribution in [3.05, 3.63) is 25.3 Å². The number of piperazine rings is 1. The number of fused-ring (bicyclic) bond motifs is 1. The highest BCUT2D eigenvalue weighted by Crippen LogP contribution is 2.68. The molecule has 0 spiro atoms. The van der Waals surface area contributed by atoms with Crippen molar-refractivity contribution >= 4 is 34.6 Å². The van der Waals surface area contributed by atoms with Crippen molar-refractivity contribution in [1.29, 1.82) is 0 Å². The Morgan fingerprint density at radius 3 is 2.49 bits per heavy atom. The number of hydrogen-bond donors (Lipinski definition) is 2. The largest absolute Gasteiger partial charge is 0.461 e. The summed E-state index contributed by atoms with van der Waals surface area (Å²) >= 11 is 0. The maximum absolute atomic E-state index is 13.8. The number of aliphatic hydroxyl groups is 1. The zero-order chi connectivity index (χ0) is 37.7. The summed E-state index contributed by atoms with van der Waals surface area (Å²) in [6.45, 7) is 17.9. The number of carbonyl (C=O) groups excluding carboxylic acids is 3. The van der Waals surface area contributed by atoms with Crippen molar-refractivity contribution in [1.82, 2.24) is 29.3 Å². The van der Waals surface area contributed by atoms with Gasteiger partial charge >= 0.3 is 5.97 Å². The standard InChI is InChI=1S/C40H60N8O5/c1-6-38(4)21-30(39(5)26(2)7-12-40(27(3)35(38)52)13-8-29(49)34(39)40)53-32(51)23-45-17-19-46(20-18-45)31(50)11-16-48-25-44-33-36(42-24-43-37(33)48)47-14-9-28(22-41)10-15-47/h6,24-28,30,34-35,52H,1,7-23,41H2,2-5H3/t26-,27+,30-,34+,35+,38-,39+,40+/m1/s1. The van der Waals surface area contributed by atoms with Crippen molar-refractivity contribution in [2.45, 2.75) is 97.8 Å². The molecule has 13 heteroatoms. The fourth-order valence-corrected chi connectivity index (χ4v) is 11.1. The topological polar surface area (TPSA) is 160 Å². The van der Waals surface area contributed by atoms with Crippen molar-refractivity contribution in [2.75, 3.05) is 57.3 Å². The van der Waals surface area contributed by atoms with Crippen LogP contribution in [0.3, 0.4) is 0 Å². The molecule has 13 nitrogen and oxygen atoms in total. The van der Waals surface area contributed by atoms with Gasteiger partial charge in [-0.05, 0) is 68.2 Å². The van der Waals surface area contributed by atoms with Gasteiger partial charge in [0.05, 0.1) is 19.0 Å². The Labute approximate surface area is 313 Å². The highest BCUT2D eigenvalue weighted by atomic mass is 16.5. The Balaban J connectivity index is 0.956. The molecule has 3 aliphatic carbocycles. The maximum Gasteiger partial charge on any atom is 0.320 e. The van der Waals surface area contributed by atoms with Crippen LogP contribution in [0.4, 0.5) is 5.82 Å². The second kappa shape index (κ2) is 14.7. The van der Waals surface area contributed by atoms with E-state index >= 15 is 0 Å². The normalized spacial score (nSPS) is 35.5. The molecule has 2 aromatic rings. The van der Waals surface area contributed by atoms with Crippen molar-refractivity contribution < 1.29 is 24.2 Å². The highest BCUT2D eigenvalue weighted by Gasteiger charge is 2.68. The molecule has 3 saturated carbocycles. The van der Waals surface area contributed by atoms with Crippen LogP contribution >= 0.6 is 0 Å². The third kappa shape index (κ3) is 6.58. The number of amides is 1. The first-order valence-electron chi connectivity index (χ1n) is 20.0. The number of ketones is 1. The van der Waals surface area contributed by atoms with Gasteiger partial charge < -0.3 is 29.9 Å². The van der Waals surface area contributed by atoms with E-state index in [0.29, 0.717) is 64.4 Å². The number of esters is 1. The lowest BCUT2D eigenvalue weighted by Crippen LogP contribution is -2.63. The molecule has 2 bridgehead atoms. The molecule has 4 heterocycles. The number of piperidine rings is 1. The third-order valence-electron chi connectivity index (χ3n) is 14.8. The molecule has 0 aromatic carbocycles. The minimum absolute atomic E-state index is 0.0576. The van der Waals surface area contributed by atoms with Crippen molar-refractivity contribution in [2.24, 2.45) is 45.7 Å². The Bertz CT molecular complexity index is 1700. The van der Waals surface area contributed by atoms with E-state index in [1.54, 1.807) is 12.7 Å². The van der Waals surface area contributed by atoms with Gasteiger partial charge in [-0.1, -0.05) is 33.8 Å². The zero-order valence-corrected chi connectivity index (χ0v) is 32.2. The van der Waals surface area contributed by atoms with Crippen LogP contribution in [0, 0.1) is 39.9 Å². The van der Waals surface area contributed by atoms with Crippen LogP contribution in [-0.4, -0.2) is 117 Å². The number of Topliss-reactive ketones (excluding diaryl/α,β-unsaturated/α-hetero) is 1. The monoisotopic (exact) mass is 732 g/mol. The molecule has 1 amide bonds. The summed E-state index contributed by atoms with van der Waals surface area (Å²) in [5, 5.41) is 11.8. The second-order valence-electron chi connectivity index (χ2n) is 17.4. The van der Waals surface area contributed by atoms with Crippen LogP contribution in [0.2, 0.25) is 0 Å². The molecular formula is C40H60N8O5. The Hall–Kier alpha value is -3.42. The van der Waals surface area contributed by atoms with Crippen LogP contribution < -0.4 is 10.6 Å². The van der Waals surface area contributed by atoms with Gasteiger partial charge in [0.15, 0.2) is 17.0 Å². The van der Waals surface area contributed by atoms with Gasteiger partial charge in [-0.15, -0.1) is 6.58 Å². The van der Waals surface area contributed by atoms with Gasteiger partial charge in [-0.3, -0.25) is 19.3 Å². The number of aryl methyl sites for hydroxylation is 1. The number of anilines is 1. The molecule has 2 aliphatic heterocycles. The van der Waals surface area contributed by atoms with Gasteiger partial charge in [0.2, 0.25) is 5.91 Å². The predicted octanol–water partition coefficient (Wildman–Crippen LogP) is 3.44. The third-order valence-corrected chi connectivity index (χ3v) is 14.8. The fourth-order valence-electron chi connectivity index (χ4n) is 11.1. The van der Waals surface area contributed by atoms with Crippen LogP contribution in [0.25, 0.3) is 11.2 Å². The van der Waals surface area contributed by atoms with Crippen molar-refractivity contribution in [3.63, 3.8) is 0 Å². The van der Waals surface area contributed by atoms with Crippen molar-refractivity contribution in [3.8, 4) is 0 Å². The number of rotatable bonds is 9. The molecule has 290 valence electrons. The molecule has 0 unspecified atom stereocenters. The van der Waals surface area contributed by atoms with Crippen LogP contribution in [0.5, 0.6) is 0 Å². The van der Waals surface area contributed by atoms with E-state index in [0.717, 1.165) is 62.2 Å². The molecule has 2 saturated heterocycles. The summed E-state index contributed by atoms with van der Waals surface area (Å²) in [5.41, 5.74) is 5.86. The van der Waals surface area contributed by atoms with Crippen LogP contribution in [0.1, 0.15) is 79.1 Å². The lowest BCUT2D eigenvalue weighted by Gasteiger charge is -2.61. The maximum atomic E-state index is 13.8. The lowest BCUT2D eigenvalue weighted by atomic mass is 9.44. The number of aliphatic hydroxyl groups excluding tert-OH is 1. The van der Waals surface area contributed by atoms with Crippen LogP contribution in [0.15, 0.2) is 25.3 Å². The van der Waals surface area contributed by atoms with Gasteiger partial charge in [0.25, 0.3) is 0 Å². The molecule has 2 aromatic heterocycles. The summed E-state index contributed by atoms with van der Waals surface area (Å²) in [4.78, 5) is 60.7. The van der Waals surface area contributed by atoms with E-state index in [-0.39, 0.29) is 47.4 Å². The number of nitrogens with two attached hydrogens (primary N) is 1. The SMILES string of the molecule is C=C[C@]1(C)C[C@@H](OC(=O)CN2CCN(C(=O)CCn3cnc4c(N5CCC(CN)CC5)ncnc43)CC2)[C@]2(C)[C@H](C)CC[C@]3(CCC(=O)[C@H]32)[C@@H](C)[C@@H]1O. The average molecular weight is 733 g/mol. The Morgan fingerprint density at radius 1 is 1.06 bits per heavy atom.